The molecule has 0 spiro atoms. The van der Waals surface area contributed by atoms with E-state index in [0.29, 0.717) is 5.92 Å². The van der Waals surface area contributed by atoms with Crippen molar-refractivity contribution in [2.45, 2.75) is 42.4 Å². The van der Waals surface area contributed by atoms with Crippen LogP contribution in [0.4, 0.5) is 0 Å². The predicted octanol–water partition coefficient (Wildman–Crippen LogP) is 3.84. The fourth-order valence-corrected chi connectivity index (χ4v) is 4.25. The normalized spacial score (nSPS) is 21.9. The summed E-state index contributed by atoms with van der Waals surface area (Å²) in [6, 6.07) is 2.42. The molecule has 15 heavy (non-hydrogen) atoms. The second kappa shape index (κ2) is 5.64. The summed E-state index contributed by atoms with van der Waals surface area (Å²) in [5.41, 5.74) is 7.49. The van der Waals surface area contributed by atoms with Gasteiger partial charge in [0.2, 0.25) is 0 Å². The van der Waals surface area contributed by atoms with Gasteiger partial charge in [-0.05, 0) is 37.4 Å². The van der Waals surface area contributed by atoms with E-state index < -0.39 is 0 Å². The van der Waals surface area contributed by atoms with E-state index in [4.69, 9.17) is 5.73 Å². The molecule has 1 unspecified atom stereocenters. The zero-order valence-corrected chi connectivity index (χ0v) is 11.9. The van der Waals surface area contributed by atoms with E-state index in [0.717, 1.165) is 11.0 Å². The molecule has 1 aromatic rings. The van der Waals surface area contributed by atoms with Gasteiger partial charge in [-0.15, -0.1) is 11.3 Å². The molecule has 0 bridgehead atoms. The van der Waals surface area contributed by atoms with Gasteiger partial charge in [0, 0.05) is 20.1 Å². The third-order valence-corrected chi connectivity index (χ3v) is 5.86. The Morgan fingerprint density at radius 3 is 3.00 bits per heavy atom. The molecule has 1 nitrogen and oxygen atoms in total. The maximum Gasteiger partial charge on any atom is 0.0341 e. The quantitative estimate of drug-likeness (QED) is 0.645. The lowest BCUT2D eigenvalue weighted by Gasteiger charge is -2.18. The minimum Gasteiger partial charge on any atom is -0.330 e. The maximum absolute atomic E-state index is 5.89. The summed E-state index contributed by atoms with van der Waals surface area (Å²) in [7, 11) is 0. The molecular formula is C12H18INS. The van der Waals surface area contributed by atoms with Gasteiger partial charge in [-0.1, -0.05) is 35.4 Å². The van der Waals surface area contributed by atoms with E-state index in [-0.39, 0.29) is 0 Å². The van der Waals surface area contributed by atoms with Crippen molar-refractivity contribution in [3.63, 3.8) is 0 Å². The number of rotatable bonds is 2. The standard InChI is InChI=1S/C12H18INS/c13-7-11-6-9-4-2-1-3-5-10(8-14)12(9)15-11/h6,10H,1-5,7-8,14H2. The highest BCUT2D eigenvalue weighted by Crippen LogP contribution is 2.36. The Morgan fingerprint density at radius 2 is 2.27 bits per heavy atom. The summed E-state index contributed by atoms with van der Waals surface area (Å²) in [6.45, 7) is 0.828. The van der Waals surface area contributed by atoms with Gasteiger partial charge in [-0.3, -0.25) is 0 Å². The number of hydrogen-bond donors (Lipinski definition) is 1. The topological polar surface area (TPSA) is 26.0 Å². The summed E-state index contributed by atoms with van der Waals surface area (Å²) in [5.74, 6) is 0.641. The Kier molecular flexibility index (Phi) is 4.46. The number of nitrogens with two attached hydrogens (primary N) is 1. The molecule has 0 saturated heterocycles. The second-order valence-corrected chi connectivity index (χ2v) is 6.20. The number of hydrogen-bond acceptors (Lipinski definition) is 2. The highest BCUT2D eigenvalue weighted by molar-refractivity contribution is 14.1. The number of fused-ring (bicyclic) bond motifs is 1. The predicted molar refractivity (Wildman–Crippen MR) is 76.0 cm³/mol. The molecule has 3 heteroatoms. The van der Waals surface area contributed by atoms with E-state index in [1.54, 1.807) is 10.4 Å². The number of thiophene rings is 1. The van der Waals surface area contributed by atoms with Crippen molar-refractivity contribution in [1.29, 1.82) is 0 Å². The lowest BCUT2D eigenvalue weighted by atomic mass is 9.91. The zero-order valence-electron chi connectivity index (χ0n) is 8.97. The Balaban J connectivity index is 2.29. The summed E-state index contributed by atoms with van der Waals surface area (Å²) >= 11 is 4.46. The van der Waals surface area contributed by atoms with Crippen LogP contribution in [-0.2, 0) is 10.8 Å². The van der Waals surface area contributed by atoms with E-state index in [9.17, 15) is 0 Å². The fraction of sp³-hybridized carbons (Fsp3) is 0.667. The molecule has 2 rings (SSSR count). The first-order valence-corrected chi connectivity index (χ1v) is 8.07. The van der Waals surface area contributed by atoms with Crippen molar-refractivity contribution in [2.75, 3.05) is 6.54 Å². The SMILES string of the molecule is NCC1CCCCCc2cc(CI)sc21. The molecule has 0 fully saturated rings. The van der Waals surface area contributed by atoms with Crippen LogP contribution in [0.25, 0.3) is 0 Å². The molecule has 1 aliphatic carbocycles. The number of alkyl halides is 1. The molecular weight excluding hydrogens is 317 g/mol. The zero-order chi connectivity index (χ0) is 10.7. The van der Waals surface area contributed by atoms with Crippen LogP contribution in [-0.4, -0.2) is 6.54 Å². The van der Waals surface area contributed by atoms with Crippen LogP contribution in [0.2, 0.25) is 0 Å². The van der Waals surface area contributed by atoms with Crippen LogP contribution < -0.4 is 5.73 Å². The van der Waals surface area contributed by atoms with E-state index in [1.165, 1.54) is 37.0 Å². The highest BCUT2D eigenvalue weighted by Gasteiger charge is 2.19. The smallest absolute Gasteiger partial charge is 0.0341 e. The molecule has 84 valence electrons. The maximum atomic E-state index is 5.89. The number of halogens is 1. The molecule has 0 aromatic carbocycles. The van der Waals surface area contributed by atoms with Crippen molar-refractivity contribution in [3.8, 4) is 0 Å². The molecule has 0 amide bonds. The highest BCUT2D eigenvalue weighted by atomic mass is 127. The molecule has 2 N–H and O–H groups in total. The van der Waals surface area contributed by atoms with Gasteiger partial charge in [0.25, 0.3) is 0 Å². The van der Waals surface area contributed by atoms with Crippen molar-refractivity contribution in [1.82, 2.24) is 0 Å². The van der Waals surface area contributed by atoms with E-state index in [2.05, 4.69) is 28.7 Å². The first-order chi connectivity index (χ1) is 7.35. The van der Waals surface area contributed by atoms with Crippen LogP contribution in [0.1, 0.15) is 46.9 Å². The summed E-state index contributed by atoms with van der Waals surface area (Å²) in [5, 5.41) is 0. The van der Waals surface area contributed by atoms with Crippen LogP contribution in [0.3, 0.4) is 0 Å². The largest absolute Gasteiger partial charge is 0.330 e. The molecule has 1 heterocycles. The van der Waals surface area contributed by atoms with Gasteiger partial charge in [-0.25, -0.2) is 0 Å². The summed E-state index contributed by atoms with van der Waals surface area (Å²) in [6.07, 6.45) is 6.68. The van der Waals surface area contributed by atoms with Crippen LogP contribution >= 0.6 is 33.9 Å². The molecule has 1 atom stereocenters. The first kappa shape index (κ1) is 11.9. The number of aryl methyl sites for hydroxylation is 1. The Labute approximate surface area is 110 Å². The fourth-order valence-electron chi connectivity index (χ4n) is 2.35. The van der Waals surface area contributed by atoms with Crippen molar-refractivity contribution >= 4 is 33.9 Å². The Bertz CT molecular complexity index is 321. The average molecular weight is 335 g/mol. The monoisotopic (exact) mass is 335 g/mol. The second-order valence-electron chi connectivity index (χ2n) is 4.27. The van der Waals surface area contributed by atoms with Crippen molar-refractivity contribution in [2.24, 2.45) is 5.73 Å². The Morgan fingerprint density at radius 1 is 1.40 bits per heavy atom. The third-order valence-electron chi connectivity index (χ3n) is 3.18. The Hall–Kier alpha value is 0.390. The lowest BCUT2D eigenvalue weighted by Crippen LogP contribution is -2.14. The minimum absolute atomic E-state index is 0.641. The van der Waals surface area contributed by atoms with Gasteiger partial charge in [-0.2, -0.15) is 0 Å². The third kappa shape index (κ3) is 2.74. The van der Waals surface area contributed by atoms with Gasteiger partial charge in [0.15, 0.2) is 0 Å². The summed E-state index contributed by atoms with van der Waals surface area (Å²) in [4.78, 5) is 3.13. The van der Waals surface area contributed by atoms with E-state index >= 15 is 0 Å². The van der Waals surface area contributed by atoms with Crippen molar-refractivity contribution < 1.29 is 0 Å². The van der Waals surface area contributed by atoms with E-state index in [1.807, 2.05) is 11.3 Å². The molecule has 1 aromatic heterocycles. The van der Waals surface area contributed by atoms with Crippen LogP contribution in [0.15, 0.2) is 6.07 Å². The molecule has 1 aliphatic rings. The molecule has 0 saturated carbocycles. The summed E-state index contributed by atoms with van der Waals surface area (Å²) < 4.78 is 1.15. The average Bonchev–Trinajstić information content (AvgIpc) is 2.62. The molecule has 0 radical (unpaired) electrons. The van der Waals surface area contributed by atoms with Gasteiger partial charge in [0.1, 0.15) is 0 Å². The minimum atomic E-state index is 0.641. The van der Waals surface area contributed by atoms with Gasteiger partial charge < -0.3 is 5.73 Å². The first-order valence-electron chi connectivity index (χ1n) is 5.72. The van der Waals surface area contributed by atoms with Crippen molar-refractivity contribution in [3.05, 3.63) is 21.4 Å². The van der Waals surface area contributed by atoms with Gasteiger partial charge >= 0.3 is 0 Å². The lowest BCUT2D eigenvalue weighted by molar-refractivity contribution is 0.546. The molecule has 0 aliphatic heterocycles. The van der Waals surface area contributed by atoms with Gasteiger partial charge in [0.05, 0.1) is 0 Å². The van der Waals surface area contributed by atoms with Crippen LogP contribution in [0.5, 0.6) is 0 Å². The van der Waals surface area contributed by atoms with Crippen LogP contribution in [0, 0.1) is 0 Å².